The van der Waals surface area contributed by atoms with Crippen molar-refractivity contribution in [3.05, 3.63) is 124 Å². The average molecular weight is 535 g/mol. The number of para-hydroxylation sites is 1. The summed E-state index contributed by atoms with van der Waals surface area (Å²) in [6, 6.07) is 28.0. The quantitative estimate of drug-likeness (QED) is 0.213. The van der Waals surface area contributed by atoms with Gasteiger partial charge in [0.15, 0.2) is 0 Å². The van der Waals surface area contributed by atoms with Crippen LogP contribution >= 0.6 is 11.3 Å². The van der Waals surface area contributed by atoms with Crippen LogP contribution in [0.4, 0.5) is 15.1 Å². The van der Waals surface area contributed by atoms with Crippen LogP contribution in [0.2, 0.25) is 0 Å². The van der Waals surface area contributed by atoms with Crippen molar-refractivity contribution in [2.24, 2.45) is 4.99 Å². The van der Waals surface area contributed by atoms with Crippen LogP contribution in [0.1, 0.15) is 44.8 Å². The van der Waals surface area contributed by atoms with Crippen molar-refractivity contribution >= 4 is 44.9 Å². The van der Waals surface area contributed by atoms with Crippen molar-refractivity contribution in [1.82, 2.24) is 0 Å². The van der Waals surface area contributed by atoms with Crippen molar-refractivity contribution in [3.8, 4) is 5.75 Å². The molecular formula is C33H27FN2O2S. The van der Waals surface area contributed by atoms with Crippen molar-refractivity contribution < 1.29 is 13.9 Å². The molecule has 39 heavy (non-hydrogen) atoms. The summed E-state index contributed by atoms with van der Waals surface area (Å²) in [5, 5.41) is 5.77. The lowest BCUT2D eigenvalue weighted by Gasteiger charge is -2.13. The normalized spacial score (nSPS) is 12.9. The van der Waals surface area contributed by atoms with E-state index < -0.39 is 0 Å². The van der Waals surface area contributed by atoms with Gasteiger partial charge in [0.25, 0.3) is 5.91 Å². The van der Waals surface area contributed by atoms with Gasteiger partial charge in [0.2, 0.25) is 0 Å². The number of nitrogens with zero attached hydrogens (tertiary/aromatic N) is 1. The fourth-order valence-electron chi connectivity index (χ4n) is 5.02. The summed E-state index contributed by atoms with van der Waals surface area (Å²) in [6.45, 7) is 0.101. The summed E-state index contributed by atoms with van der Waals surface area (Å²) in [7, 11) is 0. The van der Waals surface area contributed by atoms with Gasteiger partial charge in [-0.3, -0.25) is 4.79 Å². The number of aryl methyl sites for hydroxylation is 1. The zero-order chi connectivity index (χ0) is 26.6. The van der Waals surface area contributed by atoms with Crippen molar-refractivity contribution in [1.29, 1.82) is 0 Å². The van der Waals surface area contributed by atoms with Crippen molar-refractivity contribution in [3.63, 3.8) is 0 Å². The van der Waals surface area contributed by atoms with E-state index in [1.807, 2.05) is 66.7 Å². The molecule has 4 aromatic carbocycles. The number of ether oxygens (including phenoxy) is 1. The fraction of sp³-hybridized carbons (Fsp3) is 0.152. The standard InChI is InChI=1S/C33H27FN2O2S/c34-28-16-8-5-11-23(28)21-38-29-19-18-22-10-4-6-14-25(22)27(29)20-35-33-31(26-15-7-9-17-30(26)39-33)32(37)36-24-12-2-1-3-13-24/h1-6,8,10-14,16,18-20H,7,9,15,17,21H2,(H,36,37)/b35-20-. The van der Waals surface area contributed by atoms with Crippen LogP contribution in [0, 0.1) is 5.82 Å². The SMILES string of the molecule is O=C(Nc1ccccc1)c1c(/N=C\c2c(OCc3ccccc3F)ccc3ccccc23)sc2c1CCCC2. The molecule has 1 amide bonds. The zero-order valence-corrected chi connectivity index (χ0v) is 22.1. The molecular weight excluding hydrogens is 507 g/mol. The van der Waals surface area contributed by atoms with Crippen LogP contribution in [0.25, 0.3) is 10.8 Å². The molecule has 5 aromatic rings. The number of hydrogen-bond acceptors (Lipinski definition) is 4. The van der Waals surface area contributed by atoms with E-state index in [1.54, 1.807) is 35.8 Å². The Balaban J connectivity index is 1.38. The third-order valence-electron chi connectivity index (χ3n) is 6.99. The first-order chi connectivity index (χ1) is 19.2. The Kier molecular flexibility index (Phi) is 7.19. The van der Waals surface area contributed by atoms with Gasteiger partial charge in [-0.1, -0.05) is 66.7 Å². The first-order valence-corrected chi connectivity index (χ1v) is 13.9. The van der Waals surface area contributed by atoms with Crippen LogP contribution in [-0.2, 0) is 19.4 Å². The van der Waals surface area contributed by atoms with Gasteiger partial charge in [-0.15, -0.1) is 11.3 Å². The number of rotatable bonds is 7. The predicted molar refractivity (Wildman–Crippen MR) is 157 cm³/mol. The zero-order valence-electron chi connectivity index (χ0n) is 21.3. The first-order valence-electron chi connectivity index (χ1n) is 13.1. The van der Waals surface area contributed by atoms with E-state index in [-0.39, 0.29) is 18.3 Å². The Morgan fingerprint density at radius 1 is 0.923 bits per heavy atom. The van der Waals surface area contributed by atoms with E-state index in [1.165, 1.54) is 10.9 Å². The Labute approximate surface area is 230 Å². The van der Waals surface area contributed by atoms with Crippen LogP contribution < -0.4 is 10.1 Å². The Hall–Kier alpha value is -4.29. The number of fused-ring (bicyclic) bond motifs is 2. The lowest BCUT2D eigenvalue weighted by atomic mass is 9.95. The molecule has 0 unspecified atom stereocenters. The number of anilines is 1. The second-order valence-electron chi connectivity index (χ2n) is 9.55. The number of carbonyl (C=O) groups is 1. The number of carbonyl (C=O) groups excluding carboxylic acids is 1. The van der Waals surface area contributed by atoms with E-state index in [0.29, 0.717) is 21.9 Å². The largest absolute Gasteiger partial charge is 0.488 e. The third-order valence-corrected chi connectivity index (χ3v) is 8.19. The number of thiophene rings is 1. The highest BCUT2D eigenvalue weighted by molar-refractivity contribution is 7.16. The summed E-state index contributed by atoms with van der Waals surface area (Å²) in [5.74, 6) is 0.172. The lowest BCUT2D eigenvalue weighted by molar-refractivity contribution is 0.102. The van der Waals surface area contributed by atoms with E-state index in [4.69, 9.17) is 9.73 Å². The highest BCUT2D eigenvalue weighted by atomic mass is 32.1. The molecule has 6 rings (SSSR count). The number of benzene rings is 4. The highest BCUT2D eigenvalue weighted by Crippen LogP contribution is 2.40. The van der Waals surface area contributed by atoms with E-state index >= 15 is 0 Å². The van der Waals surface area contributed by atoms with Gasteiger partial charge < -0.3 is 10.1 Å². The van der Waals surface area contributed by atoms with E-state index in [9.17, 15) is 9.18 Å². The maximum atomic E-state index is 14.3. The summed E-state index contributed by atoms with van der Waals surface area (Å²) < 4.78 is 20.4. The molecule has 1 aliphatic carbocycles. The molecule has 6 heteroatoms. The molecule has 0 saturated heterocycles. The monoisotopic (exact) mass is 534 g/mol. The maximum absolute atomic E-state index is 14.3. The molecule has 1 aromatic heterocycles. The van der Waals surface area contributed by atoms with Gasteiger partial charge in [0, 0.05) is 27.9 Å². The highest BCUT2D eigenvalue weighted by Gasteiger charge is 2.25. The summed E-state index contributed by atoms with van der Waals surface area (Å²) in [5.41, 5.74) is 3.81. The predicted octanol–water partition coefficient (Wildman–Crippen LogP) is 8.50. The smallest absolute Gasteiger partial charge is 0.259 e. The van der Waals surface area contributed by atoms with E-state index in [0.717, 1.165) is 53.3 Å². The molecule has 0 bridgehead atoms. The molecule has 1 heterocycles. The maximum Gasteiger partial charge on any atom is 0.259 e. The minimum atomic E-state index is -0.299. The molecule has 1 aliphatic rings. The second kappa shape index (κ2) is 11.2. The minimum absolute atomic E-state index is 0.101. The topological polar surface area (TPSA) is 50.7 Å². The molecule has 0 fully saturated rings. The van der Waals surface area contributed by atoms with Crippen molar-refractivity contribution in [2.45, 2.75) is 32.3 Å². The molecule has 0 aliphatic heterocycles. The van der Waals surface area contributed by atoms with Gasteiger partial charge >= 0.3 is 0 Å². The molecule has 1 N–H and O–H groups in total. The molecule has 0 spiro atoms. The van der Waals surface area contributed by atoms with E-state index in [2.05, 4.69) is 5.32 Å². The van der Waals surface area contributed by atoms with Gasteiger partial charge in [0.05, 0.1) is 5.56 Å². The first kappa shape index (κ1) is 25.0. The van der Waals surface area contributed by atoms with Crippen LogP contribution in [0.3, 0.4) is 0 Å². The molecule has 0 atom stereocenters. The van der Waals surface area contributed by atoms with Gasteiger partial charge in [-0.25, -0.2) is 9.38 Å². The van der Waals surface area contributed by atoms with Crippen molar-refractivity contribution in [2.75, 3.05) is 5.32 Å². The molecule has 0 saturated carbocycles. The third kappa shape index (κ3) is 5.33. The number of hydrogen-bond donors (Lipinski definition) is 1. The van der Waals surface area contributed by atoms with Gasteiger partial charge in [0.1, 0.15) is 23.2 Å². The van der Waals surface area contributed by atoms with Crippen LogP contribution in [0.5, 0.6) is 5.75 Å². The Bertz CT molecular complexity index is 1680. The Morgan fingerprint density at radius 2 is 1.69 bits per heavy atom. The average Bonchev–Trinajstić information content (AvgIpc) is 3.35. The van der Waals surface area contributed by atoms with Gasteiger partial charge in [-0.2, -0.15) is 0 Å². The second-order valence-corrected chi connectivity index (χ2v) is 10.6. The lowest BCUT2D eigenvalue weighted by Crippen LogP contribution is -2.14. The summed E-state index contributed by atoms with van der Waals surface area (Å²) in [6.07, 6.45) is 5.82. The fourth-order valence-corrected chi connectivity index (χ4v) is 6.25. The van der Waals surface area contributed by atoms with Crippen LogP contribution in [0.15, 0.2) is 96.0 Å². The molecule has 0 radical (unpaired) electrons. The van der Waals surface area contributed by atoms with Gasteiger partial charge in [-0.05, 0) is 66.3 Å². The number of aliphatic imine (C=N–C) groups is 1. The number of amides is 1. The number of halogens is 1. The van der Waals surface area contributed by atoms with Crippen LogP contribution in [-0.4, -0.2) is 12.1 Å². The minimum Gasteiger partial charge on any atom is -0.488 e. The summed E-state index contributed by atoms with van der Waals surface area (Å²) >= 11 is 1.59. The Morgan fingerprint density at radius 3 is 2.56 bits per heavy atom. The molecule has 4 nitrogen and oxygen atoms in total. The molecule has 194 valence electrons. The number of nitrogens with one attached hydrogen (secondary N) is 1. The summed E-state index contributed by atoms with van der Waals surface area (Å²) in [4.78, 5) is 19.7.